The Labute approximate surface area is 235 Å². The van der Waals surface area contributed by atoms with Gasteiger partial charge in [0.15, 0.2) is 4.80 Å². The summed E-state index contributed by atoms with van der Waals surface area (Å²) in [6, 6.07) is 14.0. The summed E-state index contributed by atoms with van der Waals surface area (Å²) in [4.78, 5) is 31.3. The highest BCUT2D eigenvalue weighted by Crippen LogP contribution is 2.32. The number of allylic oxidation sites excluding steroid dienone is 1. The minimum Gasteiger partial charge on any atom is -0.497 e. The van der Waals surface area contributed by atoms with Gasteiger partial charge in [-0.15, -0.1) is 0 Å². The molecule has 5 rings (SSSR count). The van der Waals surface area contributed by atoms with E-state index in [1.165, 1.54) is 23.8 Å². The number of methoxy groups -OCH3 is 2. The molecule has 0 saturated carbocycles. The maximum atomic E-state index is 13.6. The third-order valence-corrected chi connectivity index (χ3v) is 7.34. The van der Waals surface area contributed by atoms with Gasteiger partial charge in [0.2, 0.25) is 0 Å². The number of furan rings is 1. The number of hydrogen-bond acceptors (Lipinski definition) is 8. The van der Waals surface area contributed by atoms with Crippen LogP contribution in [0, 0.1) is 0 Å². The third-order valence-electron chi connectivity index (χ3n) is 6.36. The molecule has 2 aromatic carbocycles. The average Bonchev–Trinajstić information content (AvgIpc) is 3.54. The Bertz CT molecular complexity index is 1820. The second-order valence-corrected chi connectivity index (χ2v) is 9.97. The van der Waals surface area contributed by atoms with Gasteiger partial charge in [0.25, 0.3) is 5.56 Å². The fraction of sp³-hybridized carbons (Fsp3) is 0.207. The molecule has 0 spiro atoms. The Morgan fingerprint density at radius 1 is 1.10 bits per heavy atom. The molecule has 0 aliphatic carbocycles. The number of ether oxygens (including phenoxy) is 3. The lowest BCUT2D eigenvalue weighted by Crippen LogP contribution is -2.39. The number of aromatic nitrogens is 1. The summed E-state index contributed by atoms with van der Waals surface area (Å²) < 4.78 is 62.1. The molecule has 41 heavy (non-hydrogen) atoms. The molecule has 12 heteroatoms. The zero-order chi connectivity index (χ0) is 29.3. The minimum atomic E-state index is -4.48. The van der Waals surface area contributed by atoms with E-state index in [1.807, 2.05) is 0 Å². The van der Waals surface area contributed by atoms with Crippen molar-refractivity contribution in [3.63, 3.8) is 0 Å². The van der Waals surface area contributed by atoms with E-state index in [0.29, 0.717) is 37.9 Å². The van der Waals surface area contributed by atoms with Crippen LogP contribution < -0.4 is 24.4 Å². The van der Waals surface area contributed by atoms with E-state index in [4.69, 9.17) is 18.6 Å². The fourth-order valence-corrected chi connectivity index (χ4v) is 5.42. The molecule has 8 nitrogen and oxygen atoms in total. The van der Waals surface area contributed by atoms with Gasteiger partial charge in [-0.2, -0.15) is 13.2 Å². The van der Waals surface area contributed by atoms with Crippen molar-refractivity contribution >= 4 is 23.4 Å². The SMILES string of the molecule is COC(=O)C1=C(C)N=c2sc(=Cc3ccc(COc4cccc(C(F)(F)F)c4)o3)c(=O)n2[C@@H]1c1ccc(OC)cc1. The van der Waals surface area contributed by atoms with E-state index in [0.717, 1.165) is 23.5 Å². The molecule has 0 amide bonds. The lowest BCUT2D eigenvalue weighted by atomic mass is 9.96. The summed E-state index contributed by atoms with van der Waals surface area (Å²) in [5.74, 6) is 0.746. The van der Waals surface area contributed by atoms with Crippen LogP contribution in [0.3, 0.4) is 0 Å². The highest BCUT2D eigenvalue weighted by molar-refractivity contribution is 7.07. The van der Waals surface area contributed by atoms with Gasteiger partial charge in [0.1, 0.15) is 29.6 Å². The first-order valence-corrected chi connectivity index (χ1v) is 13.0. The molecule has 0 saturated heterocycles. The number of nitrogens with zero attached hydrogens (tertiary/aromatic N) is 2. The maximum Gasteiger partial charge on any atom is 0.416 e. The molecular formula is C29H23F3N2O6S. The van der Waals surface area contributed by atoms with Crippen molar-refractivity contribution in [1.29, 1.82) is 0 Å². The van der Waals surface area contributed by atoms with Crippen LogP contribution in [0.25, 0.3) is 6.08 Å². The van der Waals surface area contributed by atoms with Crippen molar-refractivity contribution in [1.82, 2.24) is 4.57 Å². The van der Waals surface area contributed by atoms with E-state index in [9.17, 15) is 22.8 Å². The number of rotatable bonds is 7. The van der Waals surface area contributed by atoms with Crippen molar-refractivity contribution in [2.45, 2.75) is 25.7 Å². The van der Waals surface area contributed by atoms with Crippen molar-refractivity contribution in [3.8, 4) is 11.5 Å². The van der Waals surface area contributed by atoms with Crippen LogP contribution in [0.4, 0.5) is 13.2 Å². The van der Waals surface area contributed by atoms with E-state index >= 15 is 0 Å². The number of benzene rings is 2. The Kier molecular flexibility index (Phi) is 7.59. The van der Waals surface area contributed by atoms with Crippen molar-refractivity contribution < 1.29 is 36.6 Å². The summed E-state index contributed by atoms with van der Waals surface area (Å²) in [5, 5.41) is 0. The number of carbonyl (C=O) groups excluding carboxylic acids is 1. The number of alkyl halides is 3. The molecule has 0 bridgehead atoms. The third kappa shape index (κ3) is 5.68. The standard InChI is InChI=1S/C29H23F3N2O6S/c1-16-24(27(36)38-3)25(17-7-9-19(37-2)10-8-17)34-26(35)23(41-28(34)33-16)14-21-11-12-22(40-21)15-39-20-6-4-5-18(13-20)29(30,31)32/h4-14,25H,15H2,1-3H3/t25-/m1/s1. The van der Waals surface area contributed by atoms with E-state index in [-0.39, 0.29) is 23.5 Å². The Balaban J connectivity index is 1.47. The summed E-state index contributed by atoms with van der Waals surface area (Å²) >= 11 is 1.13. The number of carbonyl (C=O) groups is 1. The van der Waals surface area contributed by atoms with Gasteiger partial charge in [0, 0.05) is 6.08 Å². The molecule has 4 aromatic rings. The van der Waals surface area contributed by atoms with E-state index in [1.54, 1.807) is 56.5 Å². The first-order valence-electron chi connectivity index (χ1n) is 12.2. The van der Waals surface area contributed by atoms with Gasteiger partial charge in [-0.25, -0.2) is 9.79 Å². The van der Waals surface area contributed by atoms with Crippen LogP contribution in [-0.2, 0) is 22.3 Å². The maximum absolute atomic E-state index is 13.6. The van der Waals surface area contributed by atoms with Crippen LogP contribution in [-0.4, -0.2) is 24.8 Å². The second-order valence-electron chi connectivity index (χ2n) is 8.96. The quantitative estimate of drug-likeness (QED) is 0.295. The summed E-state index contributed by atoms with van der Waals surface area (Å²) in [6.45, 7) is 1.57. The lowest BCUT2D eigenvalue weighted by Gasteiger charge is -2.24. The van der Waals surface area contributed by atoms with Gasteiger partial charge in [-0.1, -0.05) is 29.5 Å². The molecule has 1 atom stereocenters. The zero-order valence-electron chi connectivity index (χ0n) is 22.0. The average molecular weight is 585 g/mol. The van der Waals surface area contributed by atoms with Crippen LogP contribution in [0.1, 0.15) is 35.6 Å². The number of esters is 1. The smallest absolute Gasteiger partial charge is 0.416 e. The summed E-state index contributed by atoms with van der Waals surface area (Å²) in [6.07, 6.45) is -2.94. The molecule has 212 valence electrons. The van der Waals surface area contributed by atoms with Crippen LogP contribution in [0.15, 0.2) is 86.1 Å². The highest BCUT2D eigenvalue weighted by Gasteiger charge is 2.33. The first kappa shape index (κ1) is 28.0. The number of halogens is 3. The molecule has 0 N–H and O–H groups in total. The van der Waals surface area contributed by atoms with Crippen LogP contribution in [0.5, 0.6) is 11.5 Å². The molecule has 2 aromatic heterocycles. The molecule has 0 fully saturated rings. The Hall–Kier alpha value is -4.58. The van der Waals surface area contributed by atoms with E-state index in [2.05, 4.69) is 4.99 Å². The normalized spacial score (nSPS) is 15.4. The lowest BCUT2D eigenvalue weighted by molar-refractivity contribution is -0.138. The van der Waals surface area contributed by atoms with Gasteiger partial charge in [-0.05, 0) is 55.0 Å². The van der Waals surface area contributed by atoms with Gasteiger partial charge in [-0.3, -0.25) is 9.36 Å². The first-order chi connectivity index (χ1) is 19.6. The van der Waals surface area contributed by atoms with Gasteiger partial charge in [0.05, 0.1) is 41.6 Å². The molecular weight excluding hydrogens is 561 g/mol. The van der Waals surface area contributed by atoms with E-state index < -0.39 is 23.8 Å². The molecule has 1 aliphatic rings. The highest BCUT2D eigenvalue weighted by atomic mass is 32.1. The summed E-state index contributed by atoms with van der Waals surface area (Å²) in [5.41, 5.74) is 0.131. The predicted octanol–water partition coefficient (Wildman–Crippen LogP) is 4.61. The molecule has 1 aliphatic heterocycles. The van der Waals surface area contributed by atoms with Gasteiger partial charge >= 0.3 is 12.1 Å². The molecule has 0 radical (unpaired) electrons. The van der Waals surface area contributed by atoms with Gasteiger partial charge < -0.3 is 18.6 Å². The molecule has 3 heterocycles. The second kappa shape index (κ2) is 11.1. The Morgan fingerprint density at radius 3 is 2.54 bits per heavy atom. The van der Waals surface area contributed by atoms with Crippen LogP contribution in [0.2, 0.25) is 0 Å². The monoisotopic (exact) mass is 584 g/mol. The minimum absolute atomic E-state index is 0.0430. The largest absolute Gasteiger partial charge is 0.497 e. The van der Waals surface area contributed by atoms with Crippen molar-refractivity contribution in [3.05, 3.63) is 114 Å². The van der Waals surface area contributed by atoms with Crippen LogP contribution >= 0.6 is 11.3 Å². The number of fused-ring (bicyclic) bond motifs is 1. The van der Waals surface area contributed by atoms with Crippen molar-refractivity contribution in [2.24, 2.45) is 4.99 Å². The Morgan fingerprint density at radius 2 is 1.85 bits per heavy atom. The number of hydrogen-bond donors (Lipinski definition) is 0. The predicted molar refractivity (Wildman–Crippen MR) is 143 cm³/mol. The molecule has 0 unspecified atom stereocenters. The zero-order valence-corrected chi connectivity index (χ0v) is 22.8. The van der Waals surface area contributed by atoms with Crippen molar-refractivity contribution in [2.75, 3.05) is 14.2 Å². The number of thiazole rings is 1. The topological polar surface area (TPSA) is 92.3 Å². The summed E-state index contributed by atoms with van der Waals surface area (Å²) in [7, 11) is 2.81. The fourth-order valence-electron chi connectivity index (χ4n) is 4.39.